The Bertz CT molecular complexity index is 880. The lowest BCUT2D eigenvalue weighted by atomic mass is 9.98. The normalized spacial score (nSPS) is 14.3. The summed E-state index contributed by atoms with van der Waals surface area (Å²) in [7, 11) is 0. The zero-order chi connectivity index (χ0) is 21.0. The molecule has 0 aliphatic heterocycles. The third-order valence-electron chi connectivity index (χ3n) is 4.97. The van der Waals surface area contributed by atoms with Crippen LogP contribution in [-0.4, -0.2) is 42.4 Å². The standard InChI is InChI=1S/C22H23NO6/c1-13(20(21(25)26)29-14(2)24)11-23-22(27)28-12-19-17-9-5-3-7-15(17)16-8-4-6-10-18(16)19/h3-10,13,19-20H,11-12H2,1-2H3,(H,23,27)(H,25,26)/t13-,20-/m0/s1. The molecule has 0 unspecified atom stereocenters. The van der Waals surface area contributed by atoms with Gasteiger partial charge in [0.05, 0.1) is 0 Å². The predicted molar refractivity (Wildman–Crippen MR) is 105 cm³/mol. The van der Waals surface area contributed by atoms with Crippen molar-refractivity contribution in [3.8, 4) is 11.1 Å². The van der Waals surface area contributed by atoms with Crippen molar-refractivity contribution in [1.29, 1.82) is 0 Å². The average Bonchev–Trinajstić information content (AvgIpc) is 3.02. The number of esters is 1. The molecule has 0 aromatic heterocycles. The number of aliphatic carboxylic acids is 1. The first-order valence-corrected chi connectivity index (χ1v) is 9.37. The van der Waals surface area contributed by atoms with E-state index in [1.54, 1.807) is 6.92 Å². The van der Waals surface area contributed by atoms with E-state index in [4.69, 9.17) is 14.6 Å². The number of fused-ring (bicyclic) bond motifs is 3. The quantitative estimate of drug-likeness (QED) is 0.696. The summed E-state index contributed by atoms with van der Waals surface area (Å²) in [6, 6.07) is 16.0. The second kappa shape index (κ2) is 8.77. The number of ether oxygens (including phenoxy) is 2. The zero-order valence-corrected chi connectivity index (χ0v) is 16.3. The fourth-order valence-corrected chi connectivity index (χ4v) is 3.59. The van der Waals surface area contributed by atoms with Gasteiger partial charge in [-0.1, -0.05) is 55.5 Å². The summed E-state index contributed by atoms with van der Waals surface area (Å²) in [5, 5.41) is 11.7. The molecule has 0 bridgehead atoms. The Morgan fingerprint density at radius 3 is 2.10 bits per heavy atom. The Balaban J connectivity index is 1.59. The number of hydrogen-bond donors (Lipinski definition) is 2. The number of carbonyl (C=O) groups is 3. The lowest BCUT2D eigenvalue weighted by Gasteiger charge is -2.20. The van der Waals surface area contributed by atoms with Gasteiger partial charge in [-0.3, -0.25) is 4.79 Å². The van der Waals surface area contributed by atoms with Gasteiger partial charge in [0.25, 0.3) is 0 Å². The van der Waals surface area contributed by atoms with E-state index in [-0.39, 0.29) is 19.1 Å². The molecule has 0 radical (unpaired) electrons. The Morgan fingerprint density at radius 2 is 1.59 bits per heavy atom. The lowest BCUT2D eigenvalue weighted by Crippen LogP contribution is -2.40. The smallest absolute Gasteiger partial charge is 0.407 e. The Labute approximate surface area is 168 Å². The van der Waals surface area contributed by atoms with E-state index < -0.39 is 30.1 Å². The molecular weight excluding hydrogens is 374 g/mol. The van der Waals surface area contributed by atoms with Crippen LogP contribution in [0.2, 0.25) is 0 Å². The van der Waals surface area contributed by atoms with Crippen molar-refractivity contribution >= 4 is 18.0 Å². The number of hydrogen-bond acceptors (Lipinski definition) is 5. The zero-order valence-electron chi connectivity index (χ0n) is 16.3. The van der Waals surface area contributed by atoms with Gasteiger partial charge in [0.2, 0.25) is 6.10 Å². The highest BCUT2D eigenvalue weighted by Crippen LogP contribution is 2.44. The lowest BCUT2D eigenvalue weighted by molar-refractivity contribution is -0.165. The maximum Gasteiger partial charge on any atom is 0.407 e. The molecule has 7 heteroatoms. The number of carboxylic acid groups (broad SMARTS) is 1. The summed E-state index contributed by atoms with van der Waals surface area (Å²) >= 11 is 0. The number of rotatable bonds is 7. The average molecular weight is 397 g/mol. The molecule has 29 heavy (non-hydrogen) atoms. The van der Waals surface area contributed by atoms with Crippen LogP contribution in [0, 0.1) is 5.92 Å². The molecule has 0 heterocycles. The van der Waals surface area contributed by atoms with E-state index in [1.807, 2.05) is 36.4 Å². The van der Waals surface area contributed by atoms with Crippen LogP contribution in [-0.2, 0) is 19.1 Å². The van der Waals surface area contributed by atoms with Gasteiger partial charge in [-0.05, 0) is 22.3 Å². The summed E-state index contributed by atoms with van der Waals surface area (Å²) in [6.45, 7) is 2.88. The fraction of sp³-hybridized carbons (Fsp3) is 0.318. The van der Waals surface area contributed by atoms with E-state index in [2.05, 4.69) is 17.4 Å². The summed E-state index contributed by atoms with van der Waals surface area (Å²) in [5.74, 6) is -2.62. The molecule has 152 valence electrons. The van der Waals surface area contributed by atoms with Crippen molar-refractivity contribution in [2.45, 2.75) is 25.9 Å². The van der Waals surface area contributed by atoms with Crippen LogP contribution in [0.4, 0.5) is 4.79 Å². The van der Waals surface area contributed by atoms with Crippen LogP contribution in [0.5, 0.6) is 0 Å². The molecule has 2 aromatic carbocycles. The highest BCUT2D eigenvalue weighted by Gasteiger charge is 2.30. The number of alkyl carbamates (subject to hydrolysis) is 1. The van der Waals surface area contributed by atoms with Crippen molar-refractivity contribution in [2.75, 3.05) is 13.2 Å². The predicted octanol–water partition coefficient (Wildman–Crippen LogP) is 3.18. The van der Waals surface area contributed by atoms with Crippen LogP contribution in [0.25, 0.3) is 11.1 Å². The minimum absolute atomic E-state index is 0.000913. The van der Waals surface area contributed by atoms with Gasteiger partial charge >= 0.3 is 18.0 Å². The fourth-order valence-electron chi connectivity index (χ4n) is 3.59. The Hall–Kier alpha value is -3.35. The van der Waals surface area contributed by atoms with Crippen molar-refractivity contribution in [3.63, 3.8) is 0 Å². The molecule has 7 nitrogen and oxygen atoms in total. The first-order valence-electron chi connectivity index (χ1n) is 9.37. The molecule has 2 aromatic rings. The van der Waals surface area contributed by atoms with Crippen LogP contribution >= 0.6 is 0 Å². The van der Waals surface area contributed by atoms with Crippen molar-refractivity contribution in [3.05, 3.63) is 59.7 Å². The molecular formula is C22H23NO6. The number of amides is 1. The van der Waals surface area contributed by atoms with Crippen LogP contribution in [0.1, 0.15) is 30.9 Å². The van der Waals surface area contributed by atoms with E-state index in [0.29, 0.717) is 0 Å². The number of benzene rings is 2. The SMILES string of the molecule is CC(=O)O[C@H](C(=O)O)[C@@H](C)CNC(=O)OCC1c2ccccc2-c2ccccc21. The van der Waals surface area contributed by atoms with E-state index >= 15 is 0 Å². The molecule has 3 rings (SSSR count). The van der Waals surface area contributed by atoms with E-state index in [9.17, 15) is 14.4 Å². The van der Waals surface area contributed by atoms with Gasteiger partial charge in [-0.15, -0.1) is 0 Å². The second-order valence-electron chi connectivity index (χ2n) is 7.05. The maximum atomic E-state index is 12.2. The van der Waals surface area contributed by atoms with Gasteiger partial charge < -0.3 is 19.9 Å². The van der Waals surface area contributed by atoms with Crippen molar-refractivity contribution in [2.24, 2.45) is 5.92 Å². The van der Waals surface area contributed by atoms with Crippen molar-refractivity contribution < 1.29 is 29.0 Å². The van der Waals surface area contributed by atoms with Gasteiger partial charge in [0, 0.05) is 25.3 Å². The topological polar surface area (TPSA) is 102 Å². The minimum Gasteiger partial charge on any atom is -0.478 e. The van der Waals surface area contributed by atoms with Crippen LogP contribution in [0.15, 0.2) is 48.5 Å². The van der Waals surface area contributed by atoms with Gasteiger partial charge in [-0.25, -0.2) is 9.59 Å². The molecule has 1 aliphatic carbocycles. The van der Waals surface area contributed by atoms with Crippen molar-refractivity contribution in [1.82, 2.24) is 5.32 Å². The highest BCUT2D eigenvalue weighted by atomic mass is 16.6. The molecule has 0 saturated carbocycles. The molecule has 0 saturated heterocycles. The number of carboxylic acids is 1. The third kappa shape index (κ3) is 4.56. The second-order valence-corrected chi connectivity index (χ2v) is 7.05. The van der Waals surface area contributed by atoms with E-state index in [0.717, 1.165) is 29.2 Å². The van der Waals surface area contributed by atoms with Crippen LogP contribution < -0.4 is 5.32 Å². The van der Waals surface area contributed by atoms with Gasteiger partial charge in [0.15, 0.2) is 0 Å². The molecule has 1 aliphatic rings. The summed E-state index contributed by atoms with van der Waals surface area (Å²) in [5.41, 5.74) is 4.49. The number of nitrogens with one attached hydrogen (secondary N) is 1. The molecule has 1 amide bonds. The monoisotopic (exact) mass is 397 g/mol. The first kappa shape index (κ1) is 20.4. The Kier molecular flexibility index (Phi) is 6.16. The largest absolute Gasteiger partial charge is 0.478 e. The molecule has 0 fully saturated rings. The summed E-state index contributed by atoms with van der Waals surface area (Å²) in [6.07, 6.45) is -1.98. The summed E-state index contributed by atoms with van der Waals surface area (Å²) in [4.78, 5) is 34.4. The van der Waals surface area contributed by atoms with E-state index in [1.165, 1.54) is 0 Å². The molecule has 2 N–H and O–H groups in total. The summed E-state index contributed by atoms with van der Waals surface area (Å²) < 4.78 is 10.2. The van der Waals surface area contributed by atoms with Gasteiger partial charge in [0.1, 0.15) is 6.61 Å². The molecule has 2 atom stereocenters. The highest BCUT2D eigenvalue weighted by molar-refractivity contribution is 5.79. The first-order chi connectivity index (χ1) is 13.9. The van der Waals surface area contributed by atoms with Crippen LogP contribution in [0.3, 0.4) is 0 Å². The minimum atomic E-state index is -1.33. The molecule has 0 spiro atoms. The van der Waals surface area contributed by atoms with Gasteiger partial charge in [-0.2, -0.15) is 0 Å². The maximum absolute atomic E-state index is 12.2. The Morgan fingerprint density at radius 1 is 1.03 bits per heavy atom. The number of carbonyl (C=O) groups excluding carboxylic acids is 2. The third-order valence-corrected chi connectivity index (χ3v) is 4.97.